The fraction of sp³-hybridized carbons (Fsp3) is 0.182. The van der Waals surface area contributed by atoms with Crippen LogP contribution in [0.2, 0.25) is 5.28 Å². The molecule has 12 heteroatoms. The summed E-state index contributed by atoms with van der Waals surface area (Å²) >= 11 is 5.79. The van der Waals surface area contributed by atoms with Crippen molar-refractivity contribution >= 4 is 45.3 Å². The van der Waals surface area contributed by atoms with Crippen molar-refractivity contribution < 1.29 is 19.1 Å². The molecule has 0 saturated heterocycles. The number of nitrogens with one attached hydrogen (secondary N) is 1. The molecule has 0 spiro atoms. The molecule has 0 amide bonds. The van der Waals surface area contributed by atoms with Crippen LogP contribution in [-0.2, 0) is 23.6 Å². The third-order valence-corrected chi connectivity index (χ3v) is 5.30. The van der Waals surface area contributed by atoms with E-state index < -0.39 is 23.2 Å². The Hall–Kier alpha value is -4.25. The highest BCUT2D eigenvalue weighted by molar-refractivity contribution is 6.28. The first-order valence-electron chi connectivity index (χ1n) is 9.65. The highest BCUT2D eigenvalue weighted by Crippen LogP contribution is 2.14. The largest absolute Gasteiger partial charge is 0.465 e. The normalized spacial score (nSPS) is 10.5. The van der Waals surface area contributed by atoms with E-state index >= 15 is 0 Å². The molecule has 34 heavy (non-hydrogen) atoms. The van der Waals surface area contributed by atoms with E-state index in [2.05, 4.69) is 19.4 Å². The maximum Gasteiger partial charge on any atom is 0.337 e. The van der Waals surface area contributed by atoms with Gasteiger partial charge in [-0.05, 0) is 48.0 Å². The first kappa shape index (κ1) is 24.4. The molecule has 11 nitrogen and oxygen atoms in total. The number of esters is 2. The molecular formula is C22H19ClN4O7. The number of aromatic amines is 1. The molecule has 4 aromatic rings. The van der Waals surface area contributed by atoms with Crippen LogP contribution in [0, 0.1) is 0 Å². The van der Waals surface area contributed by atoms with Crippen LogP contribution in [0.3, 0.4) is 0 Å². The van der Waals surface area contributed by atoms with E-state index in [1.165, 1.54) is 69.3 Å². The SMILES string of the molecule is COC(=O)c1ccc2c(=O)n(C)c(=O)[nH]c2c1.COC(=O)c1ccc2c(=O)n(C)c(Cl)nc2c1. The second kappa shape index (κ2) is 9.71. The van der Waals surface area contributed by atoms with Crippen LogP contribution in [-0.4, -0.2) is 45.3 Å². The van der Waals surface area contributed by atoms with E-state index in [1.807, 2.05) is 0 Å². The average molecular weight is 487 g/mol. The Balaban J connectivity index is 0.000000191. The van der Waals surface area contributed by atoms with Crippen molar-refractivity contribution in [1.29, 1.82) is 0 Å². The van der Waals surface area contributed by atoms with Gasteiger partial charge in [0.05, 0.1) is 47.2 Å². The van der Waals surface area contributed by atoms with E-state index in [4.69, 9.17) is 11.6 Å². The van der Waals surface area contributed by atoms with Gasteiger partial charge in [-0.2, -0.15) is 0 Å². The van der Waals surface area contributed by atoms with Crippen molar-refractivity contribution in [2.24, 2.45) is 14.1 Å². The second-order valence-corrected chi connectivity index (χ2v) is 7.35. The van der Waals surface area contributed by atoms with Crippen molar-refractivity contribution in [3.63, 3.8) is 0 Å². The number of hydrogen-bond acceptors (Lipinski definition) is 8. The van der Waals surface area contributed by atoms with Crippen LogP contribution >= 0.6 is 11.6 Å². The van der Waals surface area contributed by atoms with Gasteiger partial charge in [0.2, 0.25) is 5.28 Å². The summed E-state index contributed by atoms with van der Waals surface area (Å²) in [7, 11) is 5.47. The van der Waals surface area contributed by atoms with E-state index in [0.29, 0.717) is 27.4 Å². The molecule has 2 aromatic heterocycles. The Morgan fingerprint density at radius 1 is 0.853 bits per heavy atom. The minimum absolute atomic E-state index is 0.0736. The van der Waals surface area contributed by atoms with Crippen LogP contribution in [0.4, 0.5) is 0 Å². The maximum absolute atomic E-state index is 11.8. The number of carbonyl (C=O) groups is 2. The third-order valence-electron chi connectivity index (χ3n) is 4.97. The number of hydrogen-bond donors (Lipinski definition) is 1. The van der Waals surface area contributed by atoms with Gasteiger partial charge in [0.15, 0.2) is 0 Å². The zero-order valence-corrected chi connectivity index (χ0v) is 19.3. The van der Waals surface area contributed by atoms with Crippen molar-refractivity contribution in [1.82, 2.24) is 19.1 Å². The van der Waals surface area contributed by atoms with Gasteiger partial charge < -0.3 is 14.5 Å². The van der Waals surface area contributed by atoms with E-state index in [-0.39, 0.29) is 16.4 Å². The van der Waals surface area contributed by atoms with Crippen molar-refractivity contribution in [3.8, 4) is 0 Å². The molecule has 0 radical (unpaired) electrons. The lowest BCUT2D eigenvalue weighted by atomic mass is 10.1. The van der Waals surface area contributed by atoms with Gasteiger partial charge in [-0.15, -0.1) is 0 Å². The first-order chi connectivity index (χ1) is 16.1. The molecule has 2 aromatic carbocycles. The van der Waals surface area contributed by atoms with Crippen molar-refractivity contribution in [3.05, 3.63) is 84.0 Å². The fourth-order valence-electron chi connectivity index (χ4n) is 3.04. The monoisotopic (exact) mass is 486 g/mol. The number of carbonyl (C=O) groups excluding carboxylic acids is 2. The van der Waals surface area contributed by atoms with Gasteiger partial charge in [-0.25, -0.2) is 19.4 Å². The first-order valence-corrected chi connectivity index (χ1v) is 10.0. The molecule has 0 atom stereocenters. The van der Waals surface area contributed by atoms with Gasteiger partial charge in [0, 0.05) is 14.1 Å². The third kappa shape index (κ3) is 4.59. The number of halogens is 1. The molecule has 2 heterocycles. The minimum Gasteiger partial charge on any atom is -0.465 e. The Morgan fingerprint density at radius 2 is 1.38 bits per heavy atom. The molecule has 0 bridgehead atoms. The van der Waals surface area contributed by atoms with Crippen LogP contribution in [0.25, 0.3) is 21.8 Å². The van der Waals surface area contributed by atoms with Crippen molar-refractivity contribution in [2.75, 3.05) is 14.2 Å². The van der Waals surface area contributed by atoms with E-state index in [0.717, 1.165) is 4.57 Å². The number of nitrogens with zero attached hydrogens (tertiary/aromatic N) is 3. The highest BCUT2D eigenvalue weighted by Gasteiger charge is 2.11. The topological polar surface area (TPSA) is 142 Å². The molecule has 0 aliphatic carbocycles. The van der Waals surface area contributed by atoms with Gasteiger partial charge in [0.1, 0.15) is 0 Å². The molecule has 4 rings (SSSR count). The van der Waals surface area contributed by atoms with Crippen molar-refractivity contribution in [2.45, 2.75) is 0 Å². The summed E-state index contributed by atoms with van der Waals surface area (Å²) in [5, 5.41) is 0.828. The number of methoxy groups -OCH3 is 2. The van der Waals surface area contributed by atoms with Gasteiger partial charge in [-0.3, -0.25) is 18.7 Å². The Labute approximate surface area is 196 Å². The lowest BCUT2D eigenvalue weighted by Crippen LogP contribution is -2.32. The molecule has 0 saturated carbocycles. The zero-order valence-electron chi connectivity index (χ0n) is 18.5. The number of ether oxygens (including phenoxy) is 2. The van der Waals surface area contributed by atoms with Gasteiger partial charge in [-0.1, -0.05) is 0 Å². The fourth-order valence-corrected chi connectivity index (χ4v) is 3.21. The van der Waals surface area contributed by atoms with E-state index in [1.54, 1.807) is 0 Å². The molecular weight excluding hydrogens is 468 g/mol. The highest BCUT2D eigenvalue weighted by atomic mass is 35.5. The van der Waals surface area contributed by atoms with Crippen LogP contribution in [0.15, 0.2) is 50.8 Å². The number of fused-ring (bicyclic) bond motifs is 2. The Bertz CT molecular complexity index is 1620. The smallest absolute Gasteiger partial charge is 0.337 e. The summed E-state index contributed by atoms with van der Waals surface area (Å²) in [6, 6.07) is 8.92. The summed E-state index contributed by atoms with van der Waals surface area (Å²) in [6.07, 6.45) is 0. The summed E-state index contributed by atoms with van der Waals surface area (Å²) < 4.78 is 11.4. The van der Waals surface area contributed by atoms with Gasteiger partial charge in [0.25, 0.3) is 11.1 Å². The molecule has 0 fully saturated rings. The summed E-state index contributed by atoms with van der Waals surface area (Å²) in [4.78, 5) is 64.1. The number of aromatic nitrogens is 4. The number of rotatable bonds is 2. The second-order valence-electron chi connectivity index (χ2n) is 7.01. The summed E-state index contributed by atoms with van der Waals surface area (Å²) in [5.41, 5.74) is 0.129. The molecule has 176 valence electrons. The lowest BCUT2D eigenvalue weighted by Gasteiger charge is -2.04. The zero-order chi connectivity index (χ0) is 25.2. The van der Waals surface area contributed by atoms with Crippen LogP contribution in [0.1, 0.15) is 20.7 Å². The average Bonchev–Trinajstić information content (AvgIpc) is 2.84. The van der Waals surface area contributed by atoms with Gasteiger partial charge >= 0.3 is 17.6 Å². The summed E-state index contributed by atoms with van der Waals surface area (Å²) in [5.74, 6) is -1.00. The predicted octanol–water partition coefficient (Wildman–Crippen LogP) is 1.39. The lowest BCUT2D eigenvalue weighted by molar-refractivity contribution is 0.0592. The molecule has 0 aliphatic rings. The van der Waals surface area contributed by atoms with Crippen LogP contribution < -0.4 is 16.8 Å². The number of H-pyrrole nitrogens is 1. The number of benzene rings is 2. The minimum atomic E-state index is -0.524. The molecule has 1 N–H and O–H groups in total. The Morgan fingerprint density at radius 3 is 1.97 bits per heavy atom. The predicted molar refractivity (Wildman–Crippen MR) is 124 cm³/mol. The Kier molecular flexibility index (Phi) is 6.97. The van der Waals surface area contributed by atoms with E-state index in [9.17, 15) is 24.0 Å². The molecule has 0 unspecified atom stereocenters. The standard InChI is InChI=1S/C11H9ClN2O3.C11H10N2O4/c1-14-9(15)7-4-3-6(10(16)17-2)5-8(7)13-11(14)12;1-13-9(14)7-4-3-6(10(15)17-2)5-8(7)12-11(13)16/h3-5H,1-2H3;3-5H,1-2H3,(H,12,16). The summed E-state index contributed by atoms with van der Waals surface area (Å²) in [6.45, 7) is 0. The van der Waals surface area contributed by atoms with Crippen LogP contribution in [0.5, 0.6) is 0 Å². The quantitative estimate of drug-likeness (QED) is 0.331. The molecule has 0 aliphatic heterocycles. The maximum atomic E-state index is 11.8.